The Morgan fingerprint density at radius 2 is 2.46 bits per heavy atom. The van der Waals surface area contributed by atoms with Gasteiger partial charge in [0.25, 0.3) is 0 Å². The summed E-state index contributed by atoms with van der Waals surface area (Å²) in [5.41, 5.74) is 0.0272. The Bertz CT molecular complexity index is 317. The minimum absolute atomic E-state index is 0.0272. The van der Waals surface area contributed by atoms with Crippen molar-refractivity contribution in [2.75, 3.05) is 0 Å². The Kier molecular flexibility index (Phi) is 2.00. The third-order valence-corrected chi connectivity index (χ3v) is 2.43. The second-order valence-electron chi connectivity index (χ2n) is 3.43. The van der Waals surface area contributed by atoms with Crippen molar-refractivity contribution in [3.63, 3.8) is 0 Å². The quantitative estimate of drug-likeness (QED) is 0.748. The van der Waals surface area contributed by atoms with E-state index in [1.165, 1.54) is 25.5 Å². The Morgan fingerprint density at radius 1 is 1.69 bits per heavy atom. The lowest BCUT2D eigenvalue weighted by atomic mass is 9.85. The summed E-state index contributed by atoms with van der Waals surface area (Å²) in [6.07, 6.45) is 5.22. The van der Waals surface area contributed by atoms with E-state index in [0.29, 0.717) is 5.92 Å². The van der Waals surface area contributed by atoms with Crippen molar-refractivity contribution in [3.05, 3.63) is 11.9 Å². The lowest BCUT2D eigenvalue weighted by Gasteiger charge is -2.24. The van der Waals surface area contributed by atoms with Gasteiger partial charge in [0.05, 0.1) is 6.20 Å². The first-order valence-electron chi connectivity index (χ1n) is 4.39. The predicted molar refractivity (Wildman–Crippen MR) is 44.3 cm³/mol. The van der Waals surface area contributed by atoms with Gasteiger partial charge in [0, 0.05) is 6.54 Å². The number of carbonyl (C=O) groups is 1. The number of aromatic carboxylic acids is 1. The minimum Gasteiger partial charge on any atom is -0.476 e. The molecule has 0 spiro atoms. The second kappa shape index (κ2) is 3.16. The summed E-state index contributed by atoms with van der Waals surface area (Å²) in [6.45, 7) is 0.806. The van der Waals surface area contributed by atoms with Crippen molar-refractivity contribution in [2.24, 2.45) is 5.92 Å². The van der Waals surface area contributed by atoms with Crippen LogP contribution in [-0.2, 0) is 6.54 Å². The van der Waals surface area contributed by atoms with Gasteiger partial charge < -0.3 is 5.11 Å². The van der Waals surface area contributed by atoms with Crippen LogP contribution in [0.25, 0.3) is 0 Å². The zero-order valence-electron chi connectivity index (χ0n) is 7.18. The molecule has 1 aromatic heterocycles. The van der Waals surface area contributed by atoms with Crippen molar-refractivity contribution < 1.29 is 9.90 Å². The number of hydrogen-bond donors (Lipinski definition) is 1. The SMILES string of the molecule is O=C(O)c1cn(CC2CCC2)nn1. The highest BCUT2D eigenvalue weighted by atomic mass is 16.4. The molecule has 0 atom stereocenters. The number of carboxylic acid groups (broad SMARTS) is 1. The summed E-state index contributed by atoms with van der Waals surface area (Å²) < 4.78 is 1.62. The van der Waals surface area contributed by atoms with Crippen LogP contribution < -0.4 is 0 Å². The average molecular weight is 181 g/mol. The number of hydrogen-bond acceptors (Lipinski definition) is 3. The third-order valence-electron chi connectivity index (χ3n) is 2.43. The highest BCUT2D eigenvalue weighted by molar-refractivity contribution is 5.84. The first-order chi connectivity index (χ1) is 6.25. The Balaban J connectivity index is 2.00. The van der Waals surface area contributed by atoms with Crippen LogP contribution in [-0.4, -0.2) is 26.1 Å². The van der Waals surface area contributed by atoms with E-state index in [-0.39, 0.29) is 5.69 Å². The van der Waals surface area contributed by atoms with E-state index in [1.807, 2.05) is 0 Å². The summed E-state index contributed by atoms with van der Waals surface area (Å²) in [4.78, 5) is 10.5. The molecule has 0 aliphatic heterocycles. The monoisotopic (exact) mass is 181 g/mol. The molecule has 0 aromatic carbocycles. The number of carboxylic acids is 1. The lowest BCUT2D eigenvalue weighted by molar-refractivity contribution is 0.0690. The van der Waals surface area contributed by atoms with Crippen LogP contribution >= 0.6 is 0 Å². The van der Waals surface area contributed by atoms with Crippen LogP contribution in [0.2, 0.25) is 0 Å². The van der Waals surface area contributed by atoms with Crippen LogP contribution in [0.4, 0.5) is 0 Å². The van der Waals surface area contributed by atoms with Gasteiger partial charge in [-0.1, -0.05) is 11.6 Å². The molecular weight excluding hydrogens is 170 g/mol. The fraction of sp³-hybridized carbons (Fsp3) is 0.625. The van der Waals surface area contributed by atoms with E-state index in [1.54, 1.807) is 4.68 Å². The van der Waals surface area contributed by atoms with Crippen molar-refractivity contribution in [2.45, 2.75) is 25.8 Å². The van der Waals surface area contributed by atoms with Gasteiger partial charge in [-0.05, 0) is 18.8 Å². The van der Waals surface area contributed by atoms with E-state index in [4.69, 9.17) is 5.11 Å². The second-order valence-corrected chi connectivity index (χ2v) is 3.43. The molecular formula is C8H11N3O2. The van der Waals surface area contributed by atoms with Gasteiger partial charge in [-0.25, -0.2) is 4.79 Å². The summed E-state index contributed by atoms with van der Waals surface area (Å²) in [5, 5.41) is 15.9. The standard InChI is InChI=1S/C8H11N3O2/c12-8(13)7-5-11(10-9-7)4-6-2-1-3-6/h5-6H,1-4H2,(H,12,13). The van der Waals surface area contributed by atoms with E-state index in [0.717, 1.165) is 6.54 Å². The summed E-state index contributed by atoms with van der Waals surface area (Å²) >= 11 is 0. The van der Waals surface area contributed by atoms with Crippen LogP contribution in [0.5, 0.6) is 0 Å². The summed E-state index contributed by atoms with van der Waals surface area (Å²) in [6, 6.07) is 0. The molecule has 0 radical (unpaired) electrons. The van der Waals surface area contributed by atoms with Crippen LogP contribution in [0, 0.1) is 5.92 Å². The van der Waals surface area contributed by atoms with E-state index < -0.39 is 5.97 Å². The molecule has 1 N–H and O–H groups in total. The van der Waals surface area contributed by atoms with Gasteiger partial charge in [-0.15, -0.1) is 5.10 Å². The fourth-order valence-corrected chi connectivity index (χ4v) is 1.43. The minimum atomic E-state index is -1.01. The zero-order chi connectivity index (χ0) is 9.26. The first-order valence-corrected chi connectivity index (χ1v) is 4.39. The lowest BCUT2D eigenvalue weighted by Crippen LogP contribution is -2.18. The highest BCUT2D eigenvalue weighted by Crippen LogP contribution is 2.27. The van der Waals surface area contributed by atoms with E-state index >= 15 is 0 Å². The smallest absolute Gasteiger partial charge is 0.358 e. The van der Waals surface area contributed by atoms with Crippen molar-refractivity contribution in [1.29, 1.82) is 0 Å². The van der Waals surface area contributed by atoms with Crippen molar-refractivity contribution in [1.82, 2.24) is 15.0 Å². The van der Waals surface area contributed by atoms with Crippen LogP contribution in [0.1, 0.15) is 29.8 Å². The molecule has 0 unspecified atom stereocenters. The third kappa shape index (κ3) is 1.68. The average Bonchev–Trinajstić information content (AvgIpc) is 2.44. The summed E-state index contributed by atoms with van der Waals surface area (Å²) in [5.74, 6) is -0.344. The highest BCUT2D eigenvalue weighted by Gasteiger charge is 2.19. The molecule has 13 heavy (non-hydrogen) atoms. The predicted octanol–water partition coefficient (Wildman–Crippen LogP) is 0.776. The summed E-state index contributed by atoms with van der Waals surface area (Å²) in [7, 11) is 0. The molecule has 1 aromatic rings. The van der Waals surface area contributed by atoms with Gasteiger partial charge in [0.2, 0.25) is 0 Å². The van der Waals surface area contributed by atoms with Gasteiger partial charge in [-0.3, -0.25) is 4.68 Å². The van der Waals surface area contributed by atoms with Gasteiger partial charge in [-0.2, -0.15) is 0 Å². The topological polar surface area (TPSA) is 68.0 Å². The maximum Gasteiger partial charge on any atom is 0.358 e. The Hall–Kier alpha value is -1.39. The van der Waals surface area contributed by atoms with Gasteiger partial charge in [0.15, 0.2) is 5.69 Å². The van der Waals surface area contributed by atoms with Gasteiger partial charge >= 0.3 is 5.97 Å². The molecule has 0 amide bonds. The molecule has 5 nitrogen and oxygen atoms in total. The largest absolute Gasteiger partial charge is 0.476 e. The van der Waals surface area contributed by atoms with E-state index in [9.17, 15) is 4.79 Å². The maximum atomic E-state index is 10.5. The fourth-order valence-electron chi connectivity index (χ4n) is 1.43. The number of aromatic nitrogens is 3. The molecule has 1 aliphatic rings. The van der Waals surface area contributed by atoms with Crippen molar-refractivity contribution in [3.8, 4) is 0 Å². The number of rotatable bonds is 3. The molecule has 70 valence electrons. The molecule has 1 fully saturated rings. The van der Waals surface area contributed by atoms with Crippen LogP contribution in [0.15, 0.2) is 6.20 Å². The molecule has 1 saturated carbocycles. The Labute approximate surface area is 75.4 Å². The molecule has 5 heteroatoms. The van der Waals surface area contributed by atoms with Crippen molar-refractivity contribution >= 4 is 5.97 Å². The molecule has 1 aliphatic carbocycles. The maximum absolute atomic E-state index is 10.5. The normalized spacial score (nSPS) is 16.9. The van der Waals surface area contributed by atoms with Gasteiger partial charge in [0.1, 0.15) is 0 Å². The number of nitrogens with zero attached hydrogens (tertiary/aromatic N) is 3. The molecule has 0 bridgehead atoms. The molecule has 0 saturated heterocycles. The van der Waals surface area contributed by atoms with Crippen LogP contribution in [0.3, 0.4) is 0 Å². The van der Waals surface area contributed by atoms with E-state index in [2.05, 4.69) is 10.3 Å². The first kappa shape index (κ1) is 8.22. The Morgan fingerprint density at radius 3 is 2.92 bits per heavy atom. The molecule has 1 heterocycles. The zero-order valence-corrected chi connectivity index (χ0v) is 7.18. The molecule has 2 rings (SSSR count).